The number of hydrogen-bond donors (Lipinski definition) is 1. The van der Waals surface area contributed by atoms with Crippen LogP contribution >= 0.6 is 0 Å². The van der Waals surface area contributed by atoms with E-state index in [0.29, 0.717) is 23.8 Å². The average molecular weight is 320 g/mol. The van der Waals surface area contributed by atoms with E-state index in [1.54, 1.807) is 18.4 Å². The van der Waals surface area contributed by atoms with Crippen molar-refractivity contribution in [3.63, 3.8) is 0 Å². The summed E-state index contributed by atoms with van der Waals surface area (Å²) < 4.78 is 5.22. The Balaban J connectivity index is 1.87. The maximum atomic E-state index is 12.3. The quantitative estimate of drug-likeness (QED) is 0.894. The second-order valence-corrected chi connectivity index (χ2v) is 8.26. The summed E-state index contributed by atoms with van der Waals surface area (Å²) in [5, 5.41) is 3.86. The summed E-state index contributed by atoms with van der Waals surface area (Å²) >= 11 is 0. The molecule has 1 aromatic rings. The molecule has 1 amide bonds. The third-order valence-corrected chi connectivity index (χ3v) is 4.70. The molecule has 1 fully saturated rings. The van der Waals surface area contributed by atoms with Crippen LogP contribution in [0.1, 0.15) is 64.4 Å². The second-order valence-electron chi connectivity index (χ2n) is 8.26. The molecule has 1 aromatic heterocycles. The van der Waals surface area contributed by atoms with Crippen LogP contribution in [0.5, 0.6) is 0 Å². The maximum absolute atomic E-state index is 12.3. The Morgan fingerprint density at radius 3 is 2.48 bits per heavy atom. The van der Waals surface area contributed by atoms with Gasteiger partial charge in [-0.05, 0) is 42.7 Å². The Labute approximate surface area is 140 Å². The molecule has 2 heterocycles. The summed E-state index contributed by atoms with van der Waals surface area (Å²) in [6.45, 7) is 13.1. The van der Waals surface area contributed by atoms with E-state index < -0.39 is 0 Å². The predicted octanol–water partition coefficient (Wildman–Crippen LogP) is 3.93. The van der Waals surface area contributed by atoms with E-state index >= 15 is 0 Å². The summed E-state index contributed by atoms with van der Waals surface area (Å²) in [6.07, 6.45) is 4.77. The lowest BCUT2D eigenvalue weighted by molar-refractivity contribution is 0.0659. The first-order chi connectivity index (χ1) is 10.8. The van der Waals surface area contributed by atoms with Gasteiger partial charge in [0.2, 0.25) is 0 Å². The van der Waals surface area contributed by atoms with Gasteiger partial charge in [0.05, 0.1) is 6.26 Å². The molecule has 0 aromatic carbocycles. The molecule has 23 heavy (non-hydrogen) atoms. The largest absolute Gasteiger partial charge is 0.459 e. The Hall–Kier alpha value is -1.29. The normalized spacial score (nSPS) is 18.4. The lowest BCUT2D eigenvalue weighted by Crippen LogP contribution is -2.51. The summed E-state index contributed by atoms with van der Waals surface area (Å²) in [5.74, 6) is 1.15. The van der Waals surface area contributed by atoms with E-state index in [2.05, 4.69) is 39.9 Å². The van der Waals surface area contributed by atoms with Gasteiger partial charge in [0.25, 0.3) is 5.91 Å². The SMILES string of the molecule is CC(C)C[C@@H](NC1CCN(C(=O)c2ccco2)CC1)C(C)(C)C. The molecule has 1 saturated heterocycles. The topological polar surface area (TPSA) is 45.5 Å². The van der Waals surface area contributed by atoms with Gasteiger partial charge in [-0.1, -0.05) is 34.6 Å². The van der Waals surface area contributed by atoms with E-state index in [-0.39, 0.29) is 11.3 Å². The van der Waals surface area contributed by atoms with Crippen molar-refractivity contribution in [2.24, 2.45) is 11.3 Å². The Morgan fingerprint density at radius 2 is 2.00 bits per heavy atom. The molecule has 4 nitrogen and oxygen atoms in total. The molecular weight excluding hydrogens is 288 g/mol. The molecule has 1 N–H and O–H groups in total. The number of likely N-dealkylation sites (tertiary alicyclic amines) is 1. The van der Waals surface area contributed by atoms with Crippen LogP contribution < -0.4 is 5.32 Å². The number of carbonyl (C=O) groups excluding carboxylic acids is 1. The van der Waals surface area contributed by atoms with Crippen molar-refractivity contribution in [3.05, 3.63) is 24.2 Å². The molecule has 0 saturated carbocycles. The van der Waals surface area contributed by atoms with Crippen LogP contribution in [0.4, 0.5) is 0 Å². The van der Waals surface area contributed by atoms with E-state index in [0.717, 1.165) is 25.9 Å². The van der Waals surface area contributed by atoms with Crippen molar-refractivity contribution in [1.29, 1.82) is 0 Å². The fraction of sp³-hybridized carbons (Fsp3) is 0.737. The molecule has 1 atom stereocenters. The van der Waals surface area contributed by atoms with Crippen molar-refractivity contribution >= 4 is 5.91 Å². The van der Waals surface area contributed by atoms with Crippen molar-refractivity contribution in [3.8, 4) is 0 Å². The molecule has 0 bridgehead atoms. The molecular formula is C19H32N2O2. The van der Waals surface area contributed by atoms with E-state index in [1.807, 2.05) is 4.90 Å². The molecule has 1 aliphatic rings. The minimum atomic E-state index is 0.0167. The van der Waals surface area contributed by atoms with Gasteiger partial charge < -0.3 is 14.6 Å². The smallest absolute Gasteiger partial charge is 0.289 e. The number of piperidine rings is 1. The summed E-state index contributed by atoms with van der Waals surface area (Å²) in [4.78, 5) is 14.2. The Kier molecular flexibility index (Phi) is 5.90. The van der Waals surface area contributed by atoms with Crippen molar-refractivity contribution in [2.75, 3.05) is 13.1 Å². The third-order valence-electron chi connectivity index (χ3n) is 4.70. The Morgan fingerprint density at radius 1 is 1.35 bits per heavy atom. The molecule has 130 valence electrons. The standard InChI is InChI=1S/C19H32N2O2/c1-14(2)13-17(19(3,4)5)20-15-8-10-21(11-9-15)18(22)16-7-6-12-23-16/h6-7,12,14-15,17,20H,8-11,13H2,1-5H3/t17-/m1/s1. The van der Waals surface area contributed by atoms with Crippen LogP contribution in [0, 0.1) is 11.3 Å². The summed E-state index contributed by atoms with van der Waals surface area (Å²) in [7, 11) is 0. The lowest BCUT2D eigenvalue weighted by atomic mass is 9.81. The first kappa shape index (κ1) is 18.1. The van der Waals surface area contributed by atoms with Crippen LogP contribution in [-0.4, -0.2) is 36.0 Å². The lowest BCUT2D eigenvalue weighted by Gasteiger charge is -2.39. The highest BCUT2D eigenvalue weighted by molar-refractivity contribution is 5.91. The van der Waals surface area contributed by atoms with Crippen molar-refractivity contribution in [1.82, 2.24) is 10.2 Å². The number of rotatable bonds is 5. The molecule has 2 rings (SSSR count). The van der Waals surface area contributed by atoms with Gasteiger partial charge in [-0.3, -0.25) is 4.79 Å². The minimum absolute atomic E-state index is 0.0167. The van der Waals surface area contributed by atoms with E-state index in [9.17, 15) is 4.79 Å². The van der Waals surface area contributed by atoms with Gasteiger partial charge in [-0.15, -0.1) is 0 Å². The highest BCUT2D eigenvalue weighted by Crippen LogP contribution is 2.26. The van der Waals surface area contributed by atoms with Gasteiger partial charge >= 0.3 is 0 Å². The predicted molar refractivity (Wildman–Crippen MR) is 93.5 cm³/mol. The van der Waals surface area contributed by atoms with Crippen LogP contribution in [0.15, 0.2) is 22.8 Å². The van der Waals surface area contributed by atoms with Crippen LogP contribution in [0.25, 0.3) is 0 Å². The van der Waals surface area contributed by atoms with Gasteiger partial charge in [0.15, 0.2) is 5.76 Å². The highest BCUT2D eigenvalue weighted by atomic mass is 16.3. The monoisotopic (exact) mass is 320 g/mol. The summed E-state index contributed by atoms with van der Waals surface area (Å²) in [6, 6.07) is 4.52. The zero-order chi connectivity index (χ0) is 17.0. The molecule has 0 spiro atoms. The number of amides is 1. The van der Waals surface area contributed by atoms with Gasteiger partial charge in [-0.2, -0.15) is 0 Å². The zero-order valence-electron chi connectivity index (χ0n) is 15.3. The summed E-state index contributed by atoms with van der Waals surface area (Å²) in [5.41, 5.74) is 0.255. The van der Waals surface area contributed by atoms with Crippen LogP contribution in [0.3, 0.4) is 0 Å². The second kappa shape index (κ2) is 7.52. The molecule has 0 aliphatic carbocycles. The van der Waals surface area contributed by atoms with E-state index in [1.165, 1.54) is 6.42 Å². The highest BCUT2D eigenvalue weighted by Gasteiger charge is 2.30. The van der Waals surface area contributed by atoms with Crippen molar-refractivity contribution in [2.45, 2.75) is 66.0 Å². The average Bonchev–Trinajstić information content (AvgIpc) is 2.99. The number of furan rings is 1. The zero-order valence-corrected chi connectivity index (χ0v) is 15.3. The first-order valence-electron chi connectivity index (χ1n) is 8.86. The van der Waals surface area contributed by atoms with Crippen LogP contribution in [0.2, 0.25) is 0 Å². The van der Waals surface area contributed by atoms with Gasteiger partial charge in [0.1, 0.15) is 0 Å². The minimum Gasteiger partial charge on any atom is -0.459 e. The third kappa shape index (κ3) is 5.10. The van der Waals surface area contributed by atoms with Crippen LogP contribution in [-0.2, 0) is 0 Å². The molecule has 1 aliphatic heterocycles. The van der Waals surface area contributed by atoms with Crippen molar-refractivity contribution < 1.29 is 9.21 Å². The fourth-order valence-corrected chi connectivity index (χ4v) is 3.23. The van der Waals surface area contributed by atoms with E-state index in [4.69, 9.17) is 4.42 Å². The number of hydrogen-bond acceptors (Lipinski definition) is 3. The van der Waals surface area contributed by atoms with Gasteiger partial charge in [0, 0.05) is 25.2 Å². The van der Waals surface area contributed by atoms with Gasteiger partial charge in [-0.25, -0.2) is 0 Å². The number of carbonyl (C=O) groups is 1. The number of nitrogens with zero attached hydrogens (tertiary/aromatic N) is 1. The molecule has 0 radical (unpaired) electrons. The first-order valence-corrected chi connectivity index (χ1v) is 8.86. The molecule has 0 unspecified atom stereocenters. The Bertz CT molecular complexity index is 480. The maximum Gasteiger partial charge on any atom is 0.289 e. The number of nitrogens with one attached hydrogen (secondary N) is 1. The fourth-order valence-electron chi connectivity index (χ4n) is 3.23. The molecule has 4 heteroatoms.